The summed E-state index contributed by atoms with van der Waals surface area (Å²) in [6.45, 7) is 7.74. The molecular weight excluding hydrogens is 232 g/mol. The molecule has 0 radical (unpaired) electrons. The van der Waals surface area contributed by atoms with E-state index >= 15 is 0 Å². The number of hydrogen-bond acceptors (Lipinski definition) is 3. The Morgan fingerprint density at radius 1 is 1.33 bits per heavy atom. The second-order valence-corrected chi connectivity index (χ2v) is 5.77. The molecule has 4 N–H and O–H groups in total. The van der Waals surface area contributed by atoms with Crippen molar-refractivity contribution in [2.45, 2.75) is 65.5 Å². The maximum absolute atomic E-state index is 11.9. The zero-order valence-corrected chi connectivity index (χ0v) is 11.8. The van der Waals surface area contributed by atoms with Gasteiger partial charge in [0.05, 0.1) is 12.5 Å². The van der Waals surface area contributed by atoms with E-state index in [0.717, 1.165) is 12.8 Å². The van der Waals surface area contributed by atoms with E-state index in [-0.39, 0.29) is 17.7 Å². The van der Waals surface area contributed by atoms with Crippen molar-refractivity contribution in [1.29, 1.82) is 0 Å². The number of unbranched alkanes of at least 4 members (excludes halogenated alkanes) is 1. The molecule has 0 aliphatic heterocycles. The molecule has 0 rings (SSSR count). The standard InChI is InChI=1S/C13H26N2O3/c1-5-6-7-9(14)12(18)15-10(8-11(16)17)13(2,3)4/h9-10H,5-8,14H2,1-4H3,(H,15,18)(H,16,17)/t9-,10?/m0/s1. The van der Waals surface area contributed by atoms with Crippen molar-refractivity contribution in [3.8, 4) is 0 Å². The zero-order valence-electron chi connectivity index (χ0n) is 11.8. The highest BCUT2D eigenvalue weighted by atomic mass is 16.4. The highest BCUT2D eigenvalue weighted by Gasteiger charge is 2.29. The summed E-state index contributed by atoms with van der Waals surface area (Å²) >= 11 is 0. The van der Waals surface area contributed by atoms with Crippen molar-refractivity contribution in [2.75, 3.05) is 0 Å². The van der Waals surface area contributed by atoms with E-state index in [4.69, 9.17) is 10.8 Å². The summed E-state index contributed by atoms with van der Waals surface area (Å²) in [6, 6.07) is -0.959. The molecule has 0 aromatic rings. The molecule has 18 heavy (non-hydrogen) atoms. The van der Waals surface area contributed by atoms with Crippen molar-refractivity contribution in [3.63, 3.8) is 0 Å². The van der Waals surface area contributed by atoms with Gasteiger partial charge in [-0.25, -0.2) is 0 Å². The topological polar surface area (TPSA) is 92.4 Å². The second-order valence-electron chi connectivity index (χ2n) is 5.77. The molecule has 0 saturated heterocycles. The van der Waals surface area contributed by atoms with Crippen LogP contribution in [0.2, 0.25) is 0 Å². The second kappa shape index (κ2) is 7.36. The van der Waals surface area contributed by atoms with Gasteiger partial charge < -0.3 is 16.2 Å². The van der Waals surface area contributed by atoms with Crippen LogP contribution in [-0.4, -0.2) is 29.1 Å². The first-order chi connectivity index (χ1) is 8.18. The van der Waals surface area contributed by atoms with E-state index in [2.05, 4.69) is 5.32 Å². The third-order valence-electron chi connectivity index (χ3n) is 2.95. The molecule has 0 heterocycles. The molecule has 0 saturated carbocycles. The predicted octanol–water partition coefficient (Wildman–Crippen LogP) is 1.51. The average Bonchev–Trinajstić information content (AvgIpc) is 2.22. The number of amides is 1. The molecule has 1 unspecified atom stereocenters. The average molecular weight is 258 g/mol. The van der Waals surface area contributed by atoms with Crippen LogP contribution < -0.4 is 11.1 Å². The van der Waals surface area contributed by atoms with Crippen molar-refractivity contribution in [2.24, 2.45) is 11.1 Å². The van der Waals surface area contributed by atoms with Gasteiger partial charge in [0.1, 0.15) is 0 Å². The van der Waals surface area contributed by atoms with E-state index in [1.807, 2.05) is 27.7 Å². The van der Waals surface area contributed by atoms with Crippen LogP contribution >= 0.6 is 0 Å². The fourth-order valence-electron chi connectivity index (χ4n) is 1.58. The summed E-state index contributed by atoms with van der Waals surface area (Å²) in [5.74, 6) is -1.18. The first kappa shape index (κ1) is 16.9. The molecule has 0 aliphatic rings. The van der Waals surface area contributed by atoms with Crippen LogP contribution in [0.5, 0.6) is 0 Å². The third kappa shape index (κ3) is 6.59. The van der Waals surface area contributed by atoms with Crippen molar-refractivity contribution >= 4 is 11.9 Å². The quantitative estimate of drug-likeness (QED) is 0.645. The summed E-state index contributed by atoms with van der Waals surface area (Å²) in [6.07, 6.45) is 2.43. The van der Waals surface area contributed by atoms with E-state index in [1.165, 1.54) is 0 Å². The number of aliphatic carboxylic acids is 1. The molecule has 5 heteroatoms. The third-order valence-corrected chi connectivity index (χ3v) is 2.95. The smallest absolute Gasteiger partial charge is 0.305 e. The van der Waals surface area contributed by atoms with Gasteiger partial charge >= 0.3 is 5.97 Å². The highest BCUT2D eigenvalue weighted by molar-refractivity contribution is 5.82. The molecule has 1 amide bonds. The summed E-state index contributed by atoms with van der Waals surface area (Å²) in [5, 5.41) is 11.6. The van der Waals surface area contributed by atoms with Crippen LogP contribution in [-0.2, 0) is 9.59 Å². The Morgan fingerprint density at radius 3 is 2.28 bits per heavy atom. The largest absolute Gasteiger partial charge is 0.481 e. The van der Waals surface area contributed by atoms with Crippen molar-refractivity contribution < 1.29 is 14.7 Å². The Hall–Kier alpha value is -1.10. The maximum Gasteiger partial charge on any atom is 0.305 e. The first-order valence-corrected chi connectivity index (χ1v) is 6.46. The van der Waals surface area contributed by atoms with Crippen LogP contribution in [0.3, 0.4) is 0 Å². The zero-order chi connectivity index (χ0) is 14.3. The number of carboxylic acids is 1. The number of carboxylic acid groups (broad SMARTS) is 1. The minimum absolute atomic E-state index is 0.0876. The number of carbonyl (C=O) groups is 2. The van der Waals surface area contributed by atoms with Gasteiger partial charge in [-0.2, -0.15) is 0 Å². The fourth-order valence-corrected chi connectivity index (χ4v) is 1.58. The normalized spacial score (nSPS) is 14.9. The Bertz CT molecular complexity index is 284. The molecule has 2 atom stereocenters. The van der Waals surface area contributed by atoms with Crippen LogP contribution in [0.25, 0.3) is 0 Å². The molecule has 0 aliphatic carbocycles. The lowest BCUT2D eigenvalue weighted by molar-refractivity contribution is -0.138. The van der Waals surface area contributed by atoms with E-state index in [0.29, 0.717) is 6.42 Å². The van der Waals surface area contributed by atoms with Gasteiger partial charge in [-0.15, -0.1) is 0 Å². The summed E-state index contributed by atoms with van der Waals surface area (Å²) in [5.41, 5.74) is 5.46. The van der Waals surface area contributed by atoms with Gasteiger partial charge in [0.15, 0.2) is 0 Å². The van der Waals surface area contributed by atoms with Gasteiger partial charge in [0.2, 0.25) is 5.91 Å². The van der Waals surface area contributed by atoms with Gasteiger partial charge in [-0.1, -0.05) is 40.5 Å². The fraction of sp³-hybridized carbons (Fsp3) is 0.846. The van der Waals surface area contributed by atoms with Gasteiger partial charge in [0.25, 0.3) is 0 Å². The summed E-state index contributed by atoms with van der Waals surface area (Å²) < 4.78 is 0. The number of nitrogens with one attached hydrogen (secondary N) is 1. The SMILES string of the molecule is CCCC[C@H](N)C(=O)NC(CC(=O)O)C(C)(C)C. The highest BCUT2D eigenvalue weighted by Crippen LogP contribution is 2.22. The van der Waals surface area contributed by atoms with Crippen molar-refractivity contribution in [1.82, 2.24) is 5.32 Å². The number of nitrogens with two attached hydrogens (primary N) is 1. The molecule has 0 aromatic carbocycles. The van der Waals surface area contributed by atoms with Crippen LogP contribution in [0.1, 0.15) is 53.4 Å². The monoisotopic (exact) mass is 258 g/mol. The van der Waals surface area contributed by atoms with E-state index in [9.17, 15) is 9.59 Å². The number of carbonyl (C=O) groups excluding carboxylic acids is 1. The number of rotatable bonds is 7. The molecular formula is C13H26N2O3. The lowest BCUT2D eigenvalue weighted by Crippen LogP contribution is -2.50. The number of hydrogen-bond donors (Lipinski definition) is 3. The Balaban J connectivity index is 4.48. The van der Waals surface area contributed by atoms with Gasteiger partial charge in [-0.05, 0) is 11.8 Å². The molecule has 0 bridgehead atoms. The lowest BCUT2D eigenvalue weighted by Gasteiger charge is -2.31. The Kier molecular flexibility index (Phi) is 6.91. The molecule has 0 spiro atoms. The maximum atomic E-state index is 11.9. The summed E-state index contributed by atoms with van der Waals surface area (Å²) in [7, 11) is 0. The lowest BCUT2D eigenvalue weighted by atomic mass is 9.84. The molecule has 0 fully saturated rings. The Labute approximate surface area is 109 Å². The van der Waals surface area contributed by atoms with E-state index in [1.54, 1.807) is 0 Å². The van der Waals surface area contributed by atoms with E-state index < -0.39 is 18.1 Å². The van der Waals surface area contributed by atoms with Crippen LogP contribution in [0, 0.1) is 5.41 Å². The summed E-state index contributed by atoms with van der Waals surface area (Å²) in [4.78, 5) is 22.7. The molecule has 106 valence electrons. The molecule has 5 nitrogen and oxygen atoms in total. The van der Waals surface area contributed by atoms with Crippen molar-refractivity contribution in [3.05, 3.63) is 0 Å². The van der Waals surface area contributed by atoms with Crippen LogP contribution in [0.15, 0.2) is 0 Å². The Morgan fingerprint density at radius 2 is 1.89 bits per heavy atom. The first-order valence-electron chi connectivity index (χ1n) is 6.46. The van der Waals surface area contributed by atoms with Crippen LogP contribution in [0.4, 0.5) is 0 Å². The molecule has 0 aromatic heterocycles. The van der Waals surface area contributed by atoms with Gasteiger partial charge in [-0.3, -0.25) is 9.59 Å². The van der Waals surface area contributed by atoms with Gasteiger partial charge in [0, 0.05) is 6.04 Å². The predicted molar refractivity (Wildman–Crippen MR) is 71.1 cm³/mol. The minimum Gasteiger partial charge on any atom is -0.481 e. The minimum atomic E-state index is -0.919.